The first-order chi connectivity index (χ1) is 9.99. The number of nitrogens with one attached hydrogen (secondary N) is 1. The second kappa shape index (κ2) is 8.49. The Kier molecular flexibility index (Phi) is 6.99. The molecule has 0 aromatic heterocycles. The molecule has 1 rings (SSSR count). The van der Waals surface area contributed by atoms with Crippen molar-refractivity contribution >= 4 is 5.69 Å². The maximum Gasteiger partial charge on any atom is 0.417 e. The van der Waals surface area contributed by atoms with Crippen LogP contribution in [0, 0.1) is 11.3 Å². The molecule has 0 aliphatic rings. The van der Waals surface area contributed by atoms with Crippen molar-refractivity contribution < 1.29 is 22.6 Å². The lowest BCUT2D eigenvalue weighted by molar-refractivity contribution is -0.137. The number of nitrogens with zero attached hydrogens (tertiary/aromatic N) is 1. The lowest BCUT2D eigenvalue weighted by Gasteiger charge is -2.12. The summed E-state index contributed by atoms with van der Waals surface area (Å²) in [6.45, 7) is 1.91. The molecule has 0 aliphatic carbocycles. The molecule has 0 atom stereocenters. The number of ether oxygens (including phenoxy) is 2. The lowest BCUT2D eigenvalue weighted by atomic mass is 10.1. The average molecular weight is 302 g/mol. The summed E-state index contributed by atoms with van der Waals surface area (Å²) in [6, 6.07) is 5.08. The summed E-state index contributed by atoms with van der Waals surface area (Å²) in [5.74, 6) is 0. The molecule has 1 aromatic rings. The molecule has 0 amide bonds. The highest BCUT2D eigenvalue weighted by Gasteiger charge is 2.33. The highest BCUT2D eigenvalue weighted by molar-refractivity contribution is 5.53. The van der Waals surface area contributed by atoms with Crippen molar-refractivity contribution in [2.45, 2.75) is 12.6 Å². The monoisotopic (exact) mass is 302 g/mol. The van der Waals surface area contributed by atoms with Gasteiger partial charge in [0.15, 0.2) is 0 Å². The number of nitriles is 1. The van der Waals surface area contributed by atoms with Crippen LogP contribution in [-0.4, -0.2) is 33.5 Å². The zero-order valence-electron chi connectivity index (χ0n) is 11.7. The van der Waals surface area contributed by atoms with Crippen LogP contribution in [0.2, 0.25) is 0 Å². The number of hydrogen-bond acceptors (Lipinski definition) is 4. The van der Waals surface area contributed by atoms with E-state index in [-0.39, 0.29) is 5.56 Å². The van der Waals surface area contributed by atoms with E-state index in [9.17, 15) is 13.2 Å². The first-order valence-corrected chi connectivity index (χ1v) is 6.41. The van der Waals surface area contributed by atoms with Crippen LogP contribution in [0.5, 0.6) is 0 Å². The van der Waals surface area contributed by atoms with Crippen LogP contribution >= 0.6 is 0 Å². The molecule has 0 bridgehead atoms. The molecule has 0 saturated carbocycles. The van der Waals surface area contributed by atoms with Crippen molar-refractivity contribution in [2.24, 2.45) is 0 Å². The average Bonchev–Trinajstić information content (AvgIpc) is 2.45. The number of hydrogen-bond donors (Lipinski definition) is 1. The van der Waals surface area contributed by atoms with E-state index in [2.05, 4.69) is 5.32 Å². The highest BCUT2D eigenvalue weighted by atomic mass is 19.4. The van der Waals surface area contributed by atoms with E-state index >= 15 is 0 Å². The van der Waals surface area contributed by atoms with Gasteiger partial charge in [-0.2, -0.15) is 18.4 Å². The van der Waals surface area contributed by atoms with E-state index in [1.165, 1.54) is 6.07 Å². The fourth-order valence-corrected chi connectivity index (χ4v) is 1.66. The van der Waals surface area contributed by atoms with Gasteiger partial charge in [0, 0.05) is 32.6 Å². The van der Waals surface area contributed by atoms with E-state index in [4.69, 9.17) is 14.7 Å². The summed E-state index contributed by atoms with van der Waals surface area (Å²) < 4.78 is 48.4. The van der Waals surface area contributed by atoms with E-state index in [1.54, 1.807) is 13.2 Å². The van der Waals surface area contributed by atoms with Crippen molar-refractivity contribution in [2.75, 3.05) is 38.8 Å². The van der Waals surface area contributed by atoms with Gasteiger partial charge in [-0.3, -0.25) is 0 Å². The predicted molar refractivity (Wildman–Crippen MR) is 72.0 cm³/mol. The summed E-state index contributed by atoms with van der Waals surface area (Å²) in [6.07, 6.45) is -3.77. The van der Waals surface area contributed by atoms with Gasteiger partial charge in [-0.05, 0) is 24.6 Å². The van der Waals surface area contributed by atoms with Crippen LogP contribution in [0.25, 0.3) is 0 Å². The van der Waals surface area contributed by atoms with Crippen LogP contribution in [0.15, 0.2) is 18.2 Å². The van der Waals surface area contributed by atoms with Gasteiger partial charge >= 0.3 is 6.18 Å². The standard InChI is InChI=1S/C14H17F3N2O2/c1-20-6-2-7-21-8-5-19-12-4-3-11(10-18)13(9-12)14(15,16)17/h3-4,9,19H,2,5-8H2,1H3. The van der Waals surface area contributed by atoms with Gasteiger partial charge < -0.3 is 14.8 Å². The van der Waals surface area contributed by atoms with Gasteiger partial charge in [0.1, 0.15) is 0 Å². The molecule has 1 N–H and O–H groups in total. The minimum atomic E-state index is -4.54. The molecule has 0 heterocycles. The van der Waals surface area contributed by atoms with E-state index in [0.29, 0.717) is 32.1 Å². The Morgan fingerprint density at radius 2 is 2.00 bits per heavy atom. The quantitative estimate of drug-likeness (QED) is 0.750. The topological polar surface area (TPSA) is 54.3 Å². The molecular formula is C14H17F3N2O2. The molecule has 116 valence electrons. The number of rotatable bonds is 8. The summed E-state index contributed by atoms with van der Waals surface area (Å²) in [7, 11) is 1.60. The Bertz CT molecular complexity index is 484. The zero-order valence-corrected chi connectivity index (χ0v) is 11.7. The Morgan fingerprint density at radius 3 is 2.62 bits per heavy atom. The van der Waals surface area contributed by atoms with Gasteiger partial charge in [-0.25, -0.2) is 0 Å². The first-order valence-electron chi connectivity index (χ1n) is 6.41. The summed E-state index contributed by atoms with van der Waals surface area (Å²) in [5.41, 5.74) is -1.01. The largest absolute Gasteiger partial charge is 0.417 e. The smallest absolute Gasteiger partial charge is 0.385 e. The molecule has 0 aliphatic heterocycles. The third kappa shape index (κ3) is 6.02. The van der Waals surface area contributed by atoms with E-state index in [0.717, 1.165) is 18.6 Å². The van der Waals surface area contributed by atoms with Crippen molar-refractivity contribution in [3.8, 4) is 6.07 Å². The van der Waals surface area contributed by atoms with Gasteiger partial charge in [-0.1, -0.05) is 0 Å². The molecule has 1 aromatic carbocycles. The van der Waals surface area contributed by atoms with Crippen LogP contribution < -0.4 is 5.32 Å². The van der Waals surface area contributed by atoms with Gasteiger partial charge in [0.05, 0.1) is 23.8 Å². The van der Waals surface area contributed by atoms with Crippen LogP contribution in [0.3, 0.4) is 0 Å². The Hall–Kier alpha value is -1.78. The zero-order chi connectivity index (χ0) is 15.7. The van der Waals surface area contributed by atoms with Crippen LogP contribution in [-0.2, 0) is 15.7 Å². The molecule has 21 heavy (non-hydrogen) atoms. The van der Waals surface area contributed by atoms with Crippen molar-refractivity contribution in [3.05, 3.63) is 29.3 Å². The minimum Gasteiger partial charge on any atom is -0.385 e. The molecule has 0 unspecified atom stereocenters. The van der Waals surface area contributed by atoms with Crippen molar-refractivity contribution in [3.63, 3.8) is 0 Å². The number of benzene rings is 1. The molecule has 4 nitrogen and oxygen atoms in total. The van der Waals surface area contributed by atoms with Gasteiger partial charge in [-0.15, -0.1) is 0 Å². The summed E-state index contributed by atoms with van der Waals surface area (Å²) in [5, 5.41) is 11.5. The Balaban J connectivity index is 2.48. The summed E-state index contributed by atoms with van der Waals surface area (Å²) in [4.78, 5) is 0. The molecule has 0 radical (unpaired) electrons. The third-order valence-electron chi connectivity index (χ3n) is 2.66. The van der Waals surface area contributed by atoms with E-state index in [1.807, 2.05) is 0 Å². The number of alkyl halides is 3. The lowest BCUT2D eigenvalue weighted by Crippen LogP contribution is -2.13. The fraction of sp³-hybridized carbons (Fsp3) is 0.500. The second-order valence-electron chi connectivity index (χ2n) is 4.26. The molecule has 0 saturated heterocycles. The van der Waals surface area contributed by atoms with E-state index < -0.39 is 11.7 Å². The Morgan fingerprint density at radius 1 is 1.24 bits per heavy atom. The van der Waals surface area contributed by atoms with Crippen molar-refractivity contribution in [1.29, 1.82) is 5.26 Å². The molecule has 0 fully saturated rings. The van der Waals surface area contributed by atoms with Gasteiger partial charge in [0.2, 0.25) is 0 Å². The number of halogens is 3. The van der Waals surface area contributed by atoms with Gasteiger partial charge in [0.25, 0.3) is 0 Å². The van der Waals surface area contributed by atoms with Crippen molar-refractivity contribution in [1.82, 2.24) is 0 Å². The molecule has 7 heteroatoms. The van der Waals surface area contributed by atoms with Crippen LogP contribution in [0.4, 0.5) is 18.9 Å². The third-order valence-corrected chi connectivity index (χ3v) is 2.66. The molecular weight excluding hydrogens is 285 g/mol. The number of anilines is 1. The maximum absolute atomic E-state index is 12.8. The first kappa shape index (κ1) is 17.3. The summed E-state index contributed by atoms with van der Waals surface area (Å²) >= 11 is 0. The normalized spacial score (nSPS) is 11.2. The van der Waals surface area contributed by atoms with Crippen LogP contribution in [0.1, 0.15) is 17.5 Å². The minimum absolute atomic E-state index is 0.307. The Labute approximate surface area is 121 Å². The number of methoxy groups -OCH3 is 1. The second-order valence-corrected chi connectivity index (χ2v) is 4.26. The predicted octanol–water partition coefficient (Wildman–Crippen LogP) is 3.04. The molecule has 0 spiro atoms. The fourth-order valence-electron chi connectivity index (χ4n) is 1.66. The highest BCUT2D eigenvalue weighted by Crippen LogP contribution is 2.33. The SMILES string of the molecule is COCCCOCCNc1ccc(C#N)c(C(F)(F)F)c1. The maximum atomic E-state index is 12.8.